The summed E-state index contributed by atoms with van der Waals surface area (Å²) in [7, 11) is 0. The highest BCUT2D eigenvalue weighted by Gasteiger charge is 2.16. The Morgan fingerprint density at radius 2 is 1.77 bits per heavy atom. The van der Waals surface area contributed by atoms with E-state index in [1.54, 1.807) is 18.2 Å². The maximum Gasteiger partial charge on any atom is 0.306 e. The molecule has 9 heteroatoms. The number of carbonyl (C=O) groups excluding carboxylic acids is 4. The van der Waals surface area contributed by atoms with E-state index in [4.69, 9.17) is 14.2 Å². The number of benzene rings is 1. The van der Waals surface area contributed by atoms with E-state index >= 15 is 0 Å². The lowest BCUT2D eigenvalue weighted by Crippen LogP contribution is -2.42. The minimum atomic E-state index is -0.689. The SMILES string of the molecule is CC(=O)NNC(=O)COC(=O)CCC(=O)c1ccc2c(c1)OCCCO2. The molecule has 0 aliphatic carbocycles. The first kappa shape index (κ1) is 19.2. The third-order valence-corrected chi connectivity index (χ3v) is 3.37. The van der Waals surface area contributed by atoms with Crippen molar-refractivity contribution in [1.82, 2.24) is 10.9 Å². The second kappa shape index (κ2) is 9.40. The summed E-state index contributed by atoms with van der Waals surface area (Å²) in [6.45, 7) is 1.74. The number of esters is 1. The van der Waals surface area contributed by atoms with Crippen molar-refractivity contribution in [3.05, 3.63) is 23.8 Å². The van der Waals surface area contributed by atoms with Crippen LogP contribution in [0.2, 0.25) is 0 Å². The number of carbonyl (C=O) groups is 4. The van der Waals surface area contributed by atoms with Gasteiger partial charge in [-0.1, -0.05) is 0 Å². The molecule has 1 aliphatic rings. The van der Waals surface area contributed by atoms with Crippen LogP contribution in [0.1, 0.15) is 36.5 Å². The molecule has 0 aromatic heterocycles. The fraction of sp³-hybridized carbons (Fsp3) is 0.412. The molecular weight excluding hydrogens is 344 g/mol. The van der Waals surface area contributed by atoms with Crippen molar-refractivity contribution in [2.75, 3.05) is 19.8 Å². The molecule has 0 bridgehead atoms. The predicted octanol–water partition coefficient (Wildman–Crippen LogP) is 0.521. The summed E-state index contributed by atoms with van der Waals surface area (Å²) in [6, 6.07) is 4.87. The smallest absolute Gasteiger partial charge is 0.306 e. The molecular formula is C17H20N2O7. The van der Waals surface area contributed by atoms with E-state index in [-0.39, 0.29) is 18.6 Å². The van der Waals surface area contributed by atoms with Crippen LogP contribution in [0, 0.1) is 0 Å². The van der Waals surface area contributed by atoms with Gasteiger partial charge in [0, 0.05) is 25.3 Å². The minimum Gasteiger partial charge on any atom is -0.490 e. The van der Waals surface area contributed by atoms with Crippen molar-refractivity contribution < 1.29 is 33.4 Å². The van der Waals surface area contributed by atoms with Crippen LogP contribution < -0.4 is 20.3 Å². The van der Waals surface area contributed by atoms with Gasteiger partial charge in [-0.3, -0.25) is 30.0 Å². The fourth-order valence-corrected chi connectivity index (χ4v) is 2.11. The fourth-order valence-electron chi connectivity index (χ4n) is 2.11. The van der Waals surface area contributed by atoms with Crippen molar-refractivity contribution in [1.29, 1.82) is 0 Å². The highest BCUT2D eigenvalue weighted by molar-refractivity contribution is 5.98. The zero-order valence-corrected chi connectivity index (χ0v) is 14.3. The number of hydrazine groups is 1. The first-order chi connectivity index (χ1) is 12.5. The molecule has 140 valence electrons. The summed E-state index contributed by atoms with van der Waals surface area (Å²) in [5.41, 5.74) is 4.53. The molecule has 0 unspecified atom stereocenters. The van der Waals surface area contributed by atoms with Crippen LogP contribution in [0.25, 0.3) is 0 Å². The Balaban J connectivity index is 1.77. The molecule has 9 nitrogen and oxygen atoms in total. The molecule has 2 rings (SSSR count). The van der Waals surface area contributed by atoms with Crippen LogP contribution in [0.4, 0.5) is 0 Å². The lowest BCUT2D eigenvalue weighted by atomic mass is 10.1. The van der Waals surface area contributed by atoms with Gasteiger partial charge in [-0.2, -0.15) is 0 Å². The molecule has 1 aliphatic heterocycles. The van der Waals surface area contributed by atoms with Gasteiger partial charge in [0.1, 0.15) is 0 Å². The van der Waals surface area contributed by atoms with Gasteiger partial charge in [-0.25, -0.2) is 0 Å². The molecule has 0 fully saturated rings. The second-order valence-corrected chi connectivity index (χ2v) is 5.53. The van der Waals surface area contributed by atoms with Crippen molar-refractivity contribution >= 4 is 23.6 Å². The average Bonchev–Trinajstić information content (AvgIpc) is 2.87. The first-order valence-electron chi connectivity index (χ1n) is 8.09. The molecule has 2 N–H and O–H groups in total. The second-order valence-electron chi connectivity index (χ2n) is 5.53. The van der Waals surface area contributed by atoms with E-state index in [0.29, 0.717) is 30.3 Å². The monoisotopic (exact) mass is 364 g/mol. The molecule has 0 saturated carbocycles. The van der Waals surface area contributed by atoms with E-state index in [9.17, 15) is 19.2 Å². The Bertz CT molecular complexity index is 702. The molecule has 1 aromatic rings. The lowest BCUT2D eigenvalue weighted by molar-refractivity contribution is -0.148. The molecule has 0 atom stereocenters. The standard InChI is InChI=1S/C17H20N2O7/c1-11(20)18-19-16(22)10-26-17(23)6-4-13(21)12-3-5-14-15(9-12)25-8-2-7-24-14/h3,5,9H,2,4,6-8,10H2,1H3,(H,18,20)(H,19,22). The van der Waals surface area contributed by atoms with E-state index < -0.39 is 24.4 Å². The Labute approximate surface area is 149 Å². The molecule has 0 saturated heterocycles. The summed E-state index contributed by atoms with van der Waals surface area (Å²) in [5, 5.41) is 0. The number of amides is 2. The molecule has 0 spiro atoms. The first-order valence-corrected chi connectivity index (χ1v) is 8.09. The van der Waals surface area contributed by atoms with Gasteiger partial charge >= 0.3 is 5.97 Å². The van der Waals surface area contributed by atoms with Crippen LogP contribution in [0.15, 0.2) is 18.2 Å². The Morgan fingerprint density at radius 3 is 2.50 bits per heavy atom. The van der Waals surface area contributed by atoms with Crippen LogP contribution in [-0.4, -0.2) is 43.4 Å². The van der Waals surface area contributed by atoms with Gasteiger partial charge in [0.15, 0.2) is 23.9 Å². The summed E-state index contributed by atoms with van der Waals surface area (Å²) in [4.78, 5) is 45.7. The largest absolute Gasteiger partial charge is 0.490 e. The summed E-state index contributed by atoms with van der Waals surface area (Å²) in [5.74, 6) is -0.978. The van der Waals surface area contributed by atoms with Gasteiger partial charge in [0.05, 0.1) is 19.6 Å². The highest BCUT2D eigenvalue weighted by atomic mass is 16.5. The minimum absolute atomic E-state index is 0.0637. The zero-order valence-electron chi connectivity index (χ0n) is 14.3. The quantitative estimate of drug-likeness (QED) is 0.429. The molecule has 1 aromatic carbocycles. The summed E-state index contributed by atoms with van der Waals surface area (Å²) >= 11 is 0. The van der Waals surface area contributed by atoms with E-state index in [0.717, 1.165) is 6.42 Å². The van der Waals surface area contributed by atoms with Crippen molar-refractivity contribution in [3.8, 4) is 11.5 Å². The van der Waals surface area contributed by atoms with E-state index in [1.165, 1.54) is 6.92 Å². The maximum atomic E-state index is 12.2. The van der Waals surface area contributed by atoms with Crippen molar-refractivity contribution in [3.63, 3.8) is 0 Å². The number of ketones is 1. The van der Waals surface area contributed by atoms with Crippen LogP contribution >= 0.6 is 0 Å². The van der Waals surface area contributed by atoms with Gasteiger partial charge in [0.25, 0.3) is 5.91 Å². The molecule has 2 amide bonds. The number of hydrogen-bond donors (Lipinski definition) is 2. The normalized spacial score (nSPS) is 12.5. The molecule has 26 heavy (non-hydrogen) atoms. The Morgan fingerprint density at radius 1 is 1.04 bits per heavy atom. The number of ether oxygens (including phenoxy) is 3. The number of nitrogens with one attached hydrogen (secondary N) is 2. The summed E-state index contributed by atoms with van der Waals surface area (Å²) in [6.07, 6.45) is 0.534. The Kier molecular flexibility index (Phi) is 6.95. The van der Waals surface area contributed by atoms with Gasteiger partial charge in [0.2, 0.25) is 5.91 Å². The number of hydrogen-bond acceptors (Lipinski definition) is 7. The van der Waals surface area contributed by atoms with Crippen LogP contribution in [0.5, 0.6) is 11.5 Å². The third-order valence-electron chi connectivity index (χ3n) is 3.37. The predicted molar refractivity (Wildman–Crippen MR) is 88.5 cm³/mol. The van der Waals surface area contributed by atoms with E-state index in [1.807, 2.05) is 0 Å². The van der Waals surface area contributed by atoms with Crippen LogP contribution in [-0.2, 0) is 19.1 Å². The van der Waals surface area contributed by atoms with Gasteiger partial charge in [-0.15, -0.1) is 0 Å². The number of fused-ring (bicyclic) bond motifs is 1. The number of Topliss-reactive ketones (excluding diaryl/α,β-unsaturated/α-hetero) is 1. The Hall–Kier alpha value is -3.10. The van der Waals surface area contributed by atoms with Gasteiger partial charge < -0.3 is 14.2 Å². The van der Waals surface area contributed by atoms with E-state index in [2.05, 4.69) is 10.9 Å². The average molecular weight is 364 g/mol. The topological polar surface area (TPSA) is 120 Å². The van der Waals surface area contributed by atoms with Crippen molar-refractivity contribution in [2.24, 2.45) is 0 Å². The molecule has 0 radical (unpaired) electrons. The third kappa shape index (κ3) is 6.08. The van der Waals surface area contributed by atoms with Gasteiger partial charge in [-0.05, 0) is 18.2 Å². The van der Waals surface area contributed by atoms with Crippen molar-refractivity contribution in [2.45, 2.75) is 26.2 Å². The summed E-state index contributed by atoms with van der Waals surface area (Å²) < 4.78 is 15.8. The lowest BCUT2D eigenvalue weighted by Gasteiger charge is -2.09. The van der Waals surface area contributed by atoms with Crippen LogP contribution in [0.3, 0.4) is 0 Å². The number of rotatable bonds is 6. The molecule has 1 heterocycles. The maximum absolute atomic E-state index is 12.2. The zero-order chi connectivity index (χ0) is 18.9. The highest BCUT2D eigenvalue weighted by Crippen LogP contribution is 2.30.